The first-order chi connectivity index (χ1) is 7.88. The van der Waals surface area contributed by atoms with Crippen molar-refractivity contribution in [1.82, 2.24) is 0 Å². The molecule has 0 amide bonds. The van der Waals surface area contributed by atoms with Crippen LogP contribution >= 0.6 is 0 Å². The Morgan fingerprint density at radius 1 is 1.19 bits per heavy atom. The largest absolute Gasteiger partial charge is 0.205 e. The SMILES string of the molecule is CC[n+]1cc(C2CCC2)c2ccccc2c1. The van der Waals surface area contributed by atoms with E-state index in [1.807, 2.05) is 0 Å². The second-order valence-electron chi connectivity index (χ2n) is 4.76. The first-order valence-corrected chi connectivity index (χ1v) is 6.30. The lowest BCUT2D eigenvalue weighted by Gasteiger charge is -2.25. The van der Waals surface area contributed by atoms with Crippen LogP contribution in [0.25, 0.3) is 10.8 Å². The minimum Gasteiger partial charge on any atom is -0.205 e. The predicted molar refractivity (Wildman–Crippen MR) is 66.4 cm³/mol. The van der Waals surface area contributed by atoms with Crippen molar-refractivity contribution in [2.24, 2.45) is 0 Å². The van der Waals surface area contributed by atoms with Gasteiger partial charge in [0.15, 0.2) is 12.4 Å². The first kappa shape index (κ1) is 9.83. The molecule has 1 saturated carbocycles. The third-order valence-corrected chi connectivity index (χ3v) is 3.79. The van der Waals surface area contributed by atoms with E-state index in [4.69, 9.17) is 0 Å². The zero-order valence-corrected chi connectivity index (χ0v) is 9.82. The molecule has 0 aliphatic heterocycles. The van der Waals surface area contributed by atoms with E-state index in [2.05, 4.69) is 48.1 Å². The molecule has 0 radical (unpaired) electrons. The molecule has 1 fully saturated rings. The van der Waals surface area contributed by atoms with Crippen molar-refractivity contribution >= 4 is 10.8 Å². The summed E-state index contributed by atoms with van der Waals surface area (Å²) in [6.07, 6.45) is 8.76. The standard InChI is InChI=1S/C15H18N/c1-2-16-10-13-6-3-4-9-14(13)15(11-16)12-7-5-8-12/h3-4,6,9-12H,2,5,7-8H2,1H3/q+1. The summed E-state index contributed by atoms with van der Waals surface area (Å²) in [4.78, 5) is 0. The predicted octanol–water partition coefficient (Wildman–Crippen LogP) is 3.41. The third-order valence-electron chi connectivity index (χ3n) is 3.79. The molecule has 0 unspecified atom stereocenters. The summed E-state index contributed by atoms with van der Waals surface area (Å²) < 4.78 is 2.32. The molecule has 2 aromatic rings. The number of aryl methyl sites for hydroxylation is 1. The van der Waals surface area contributed by atoms with Gasteiger partial charge in [-0.25, -0.2) is 4.57 Å². The molecule has 82 valence electrons. The van der Waals surface area contributed by atoms with E-state index in [1.165, 1.54) is 30.0 Å². The van der Waals surface area contributed by atoms with Crippen molar-refractivity contribution < 1.29 is 4.57 Å². The number of fused-ring (bicyclic) bond motifs is 1. The molecule has 0 saturated heterocycles. The van der Waals surface area contributed by atoms with Crippen molar-refractivity contribution in [1.29, 1.82) is 0 Å². The Labute approximate surface area is 96.7 Å². The Morgan fingerprint density at radius 2 is 2.00 bits per heavy atom. The highest BCUT2D eigenvalue weighted by Gasteiger charge is 2.24. The van der Waals surface area contributed by atoms with Gasteiger partial charge in [-0.1, -0.05) is 24.6 Å². The molecule has 1 aliphatic rings. The van der Waals surface area contributed by atoms with Gasteiger partial charge in [-0.3, -0.25) is 0 Å². The highest BCUT2D eigenvalue weighted by Crippen LogP contribution is 2.38. The summed E-state index contributed by atoms with van der Waals surface area (Å²) in [6.45, 7) is 3.27. The van der Waals surface area contributed by atoms with Crippen molar-refractivity contribution in [2.75, 3.05) is 0 Å². The van der Waals surface area contributed by atoms with Crippen LogP contribution in [0.3, 0.4) is 0 Å². The van der Waals surface area contributed by atoms with Crippen molar-refractivity contribution in [3.8, 4) is 0 Å². The fourth-order valence-corrected chi connectivity index (χ4v) is 2.56. The summed E-state index contributed by atoms with van der Waals surface area (Å²) in [6, 6.07) is 8.78. The topological polar surface area (TPSA) is 3.88 Å². The van der Waals surface area contributed by atoms with Gasteiger partial charge in [0.2, 0.25) is 0 Å². The molecule has 16 heavy (non-hydrogen) atoms. The van der Waals surface area contributed by atoms with E-state index in [-0.39, 0.29) is 0 Å². The average molecular weight is 212 g/mol. The van der Waals surface area contributed by atoms with Crippen LogP contribution in [0, 0.1) is 0 Å². The quantitative estimate of drug-likeness (QED) is 0.672. The molecule has 1 heteroatoms. The number of pyridine rings is 1. The van der Waals surface area contributed by atoms with E-state index >= 15 is 0 Å². The molecule has 0 bridgehead atoms. The summed E-state index contributed by atoms with van der Waals surface area (Å²) in [7, 11) is 0. The Kier molecular flexibility index (Phi) is 2.39. The Morgan fingerprint density at radius 3 is 2.69 bits per heavy atom. The van der Waals surface area contributed by atoms with Crippen molar-refractivity contribution in [3.63, 3.8) is 0 Å². The Bertz CT molecular complexity index is 512. The number of nitrogens with zero attached hydrogens (tertiary/aromatic N) is 1. The lowest BCUT2D eigenvalue weighted by Crippen LogP contribution is -2.32. The summed E-state index contributed by atoms with van der Waals surface area (Å²) in [5.41, 5.74) is 1.56. The number of hydrogen-bond acceptors (Lipinski definition) is 0. The maximum absolute atomic E-state index is 2.35. The zero-order valence-electron chi connectivity index (χ0n) is 9.82. The highest BCUT2D eigenvalue weighted by molar-refractivity contribution is 5.84. The molecule has 1 aromatic carbocycles. The van der Waals surface area contributed by atoms with E-state index in [0.29, 0.717) is 0 Å². The van der Waals surface area contributed by atoms with E-state index in [1.54, 1.807) is 5.56 Å². The van der Waals surface area contributed by atoms with Gasteiger partial charge < -0.3 is 0 Å². The molecular weight excluding hydrogens is 194 g/mol. The maximum atomic E-state index is 2.35. The smallest absolute Gasteiger partial charge is 0.176 e. The second kappa shape index (κ2) is 3.89. The molecule has 0 atom stereocenters. The van der Waals surface area contributed by atoms with Crippen molar-refractivity contribution in [3.05, 3.63) is 42.2 Å². The Balaban J connectivity index is 2.22. The van der Waals surface area contributed by atoms with Gasteiger partial charge in [-0.15, -0.1) is 0 Å². The molecule has 3 rings (SSSR count). The van der Waals surface area contributed by atoms with Crippen molar-refractivity contribution in [2.45, 2.75) is 38.6 Å². The van der Waals surface area contributed by atoms with E-state index < -0.39 is 0 Å². The summed E-state index contributed by atoms with van der Waals surface area (Å²) in [5.74, 6) is 0.809. The molecule has 1 aromatic heterocycles. The van der Waals surface area contributed by atoms with E-state index in [9.17, 15) is 0 Å². The first-order valence-electron chi connectivity index (χ1n) is 6.30. The fraction of sp³-hybridized carbons (Fsp3) is 0.400. The molecule has 0 N–H and O–H groups in total. The van der Waals surface area contributed by atoms with Gasteiger partial charge in [0, 0.05) is 10.9 Å². The third kappa shape index (κ3) is 1.51. The van der Waals surface area contributed by atoms with Crippen LogP contribution in [0.4, 0.5) is 0 Å². The normalized spacial score (nSPS) is 16.3. The minimum absolute atomic E-state index is 0.809. The number of benzene rings is 1. The molecule has 1 heterocycles. The van der Waals surface area contributed by atoms with Gasteiger partial charge in [0.25, 0.3) is 0 Å². The zero-order chi connectivity index (χ0) is 11.0. The lowest BCUT2D eigenvalue weighted by atomic mass is 9.79. The lowest BCUT2D eigenvalue weighted by molar-refractivity contribution is -0.692. The number of rotatable bonds is 2. The van der Waals surface area contributed by atoms with Crippen LogP contribution in [-0.2, 0) is 6.54 Å². The Hall–Kier alpha value is -1.37. The van der Waals surface area contributed by atoms with Gasteiger partial charge in [0.1, 0.15) is 6.54 Å². The summed E-state index contributed by atoms with van der Waals surface area (Å²) in [5, 5.41) is 2.84. The van der Waals surface area contributed by atoms with Gasteiger partial charge in [-0.2, -0.15) is 0 Å². The summed E-state index contributed by atoms with van der Waals surface area (Å²) >= 11 is 0. The molecule has 1 nitrogen and oxygen atoms in total. The minimum atomic E-state index is 0.809. The van der Waals surface area contributed by atoms with Gasteiger partial charge in [0.05, 0.1) is 0 Å². The highest BCUT2D eigenvalue weighted by atomic mass is 14.9. The van der Waals surface area contributed by atoms with E-state index in [0.717, 1.165) is 12.5 Å². The second-order valence-corrected chi connectivity index (χ2v) is 4.76. The van der Waals surface area contributed by atoms with Gasteiger partial charge in [-0.05, 0) is 37.1 Å². The molecule has 0 spiro atoms. The molecule has 1 aliphatic carbocycles. The fourth-order valence-electron chi connectivity index (χ4n) is 2.56. The average Bonchev–Trinajstić information content (AvgIpc) is 2.26. The molecular formula is C15H18N+. The number of aromatic nitrogens is 1. The number of hydrogen-bond donors (Lipinski definition) is 0. The van der Waals surface area contributed by atoms with Crippen LogP contribution in [0.15, 0.2) is 36.7 Å². The van der Waals surface area contributed by atoms with Crippen LogP contribution in [0.2, 0.25) is 0 Å². The van der Waals surface area contributed by atoms with Crippen LogP contribution in [0.5, 0.6) is 0 Å². The monoisotopic (exact) mass is 212 g/mol. The maximum Gasteiger partial charge on any atom is 0.176 e. The van der Waals surface area contributed by atoms with Crippen LogP contribution < -0.4 is 4.57 Å². The van der Waals surface area contributed by atoms with Crippen LogP contribution in [-0.4, -0.2) is 0 Å². The van der Waals surface area contributed by atoms with Crippen LogP contribution in [0.1, 0.15) is 37.7 Å². The van der Waals surface area contributed by atoms with Gasteiger partial charge >= 0.3 is 0 Å².